The fourth-order valence-electron chi connectivity index (χ4n) is 3.33. The molecule has 0 aliphatic carbocycles. The molecule has 1 heterocycles. The predicted molar refractivity (Wildman–Crippen MR) is 142 cm³/mol. The summed E-state index contributed by atoms with van der Waals surface area (Å²) in [5, 5.41) is 15.0. The van der Waals surface area contributed by atoms with Crippen LogP contribution in [0.3, 0.4) is 0 Å². The number of aliphatic imine (C=N–C) groups is 1. The molecule has 8 nitrogen and oxygen atoms in total. The summed E-state index contributed by atoms with van der Waals surface area (Å²) >= 11 is 0. The zero-order chi connectivity index (χ0) is 22.6. The molecular weight excluding hydrogens is 531 g/mol. The van der Waals surface area contributed by atoms with Crippen LogP contribution in [0.4, 0.5) is 0 Å². The van der Waals surface area contributed by atoms with Crippen molar-refractivity contribution in [2.45, 2.75) is 32.9 Å². The number of hydrogen-bond donors (Lipinski definition) is 2. The molecule has 3 aromatic rings. The lowest BCUT2D eigenvalue weighted by atomic mass is 10.1. The van der Waals surface area contributed by atoms with Crippen LogP contribution in [-0.2, 0) is 25.9 Å². The van der Waals surface area contributed by atoms with Crippen molar-refractivity contribution in [2.24, 2.45) is 4.99 Å². The summed E-state index contributed by atoms with van der Waals surface area (Å²) in [4.78, 5) is 4.78. The number of methoxy groups -OCH3 is 2. The number of benzene rings is 2. The number of aryl methyl sites for hydroxylation is 1. The second-order valence-corrected chi connectivity index (χ2v) is 7.24. The van der Waals surface area contributed by atoms with E-state index in [2.05, 4.69) is 56.6 Å². The highest BCUT2D eigenvalue weighted by molar-refractivity contribution is 14.0. The standard InChI is InChI=1S/C24H32N6O2.HI/c1-4-23-29-28-18-30(23)15-14-26-24(25-13-12-19-8-6-5-7-9-19)27-17-20-10-11-21(31-2)22(16-20)32-3;/h5-11,16,18H,4,12-15,17H2,1-3H3,(H2,25,26,27);1H. The van der Waals surface area contributed by atoms with Gasteiger partial charge in [0.25, 0.3) is 0 Å². The molecule has 2 aromatic carbocycles. The first kappa shape index (κ1) is 26.4. The molecule has 0 atom stereocenters. The van der Waals surface area contributed by atoms with E-state index >= 15 is 0 Å². The van der Waals surface area contributed by atoms with Crippen LogP contribution in [0, 0.1) is 0 Å². The molecule has 0 fully saturated rings. The molecule has 0 bridgehead atoms. The third kappa shape index (κ3) is 8.23. The minimum atomic E-state index is 0. The Hall–Kier alpha value is -2.82. The second kappa shape index (κ2) is 14.4. The average molecular weight is 564 g/mol. The Bertz CT molecular complexity index is 994. The van der Waals surface area contributed by atoms with Gasteiger partial charge in [0.05, 0.1) is 20.8 Å². The van der Waals surface area contributed by atoms with E-state index in [0.717, 1.165) is 43.3 Å². The molecule has 0 amide bonds. The molecular formula is C24H33IN6O2. The molecule has 1 aromatic heterocycles. The van der Waals surface area contributed by atoms with Crippen molar-refractivity contribution in [3.63, 3.8) is 0 Å². The first-order valence-corrected chi connectivity index (χ1v) is 10.9. The number of halogens is 1. The Kier molecular flexibility index (Phi) is 11.5. The fourth-order valence-corrected chi connectivity index (χ4v) is 3.33. The second-order valence-electron chi connectivity index (χ2n) is 7.24. The summed E-state index contributed by atoms with van der Waals surface area (Å²) in [6.45, 7) is 4.87. The molecule has 3 rings (SSSR count). The van der Waals surface area contributed by atoms with Gasteiger partial charge in [-0.05, 0) is 29.7 Å². The van der Waals surface area contributed by atoms with Crippen molar-refractivity contribution >= 4 is 29.9 Å². The molecule has 9 heteroatoms. The first-order valence-electron chi connectivity index (χ1n) is 10.9. The largest absolute Gasteiger partial charge is 0.493 e. The van der Waals surface area contributed by atoms with Crippen LogP contribution in [0.15, 0.2) is 59.9 Å². The van der Waals surface area contributed by atoms with Crippen LogP contribution in [-0.4, -0.2) is 48.0 Å². The van der Waals surface area contributed by atoms with E-state index in [9.17, 15) is 0 Å². The van der Waals surface area contributed by atoms with Gasteiger partial charge in [0.2, 0.25) is 0 Å². The first-order chi connectivity index (χ1) is 15.7. The van der Waals surface area contributed by atoms with E-state index in [4.69, 9.17) is 14.5 Å². The topological polar surface area (TPSA) is 85.6 Å². The maximum Gasteiger partial charge on any atom is 0.191 e. The number of aromatic nitrogens is 3. The minimum Gasteiger partial charge on any atom is -0.493 e. The van der Waals surface area contributed by atoms with Crippen molar-refractivity contribution in [2.75, 3.05) is 27.3 Å². The molecule has 0 saturated carbocycles. The number of ether oxygens (including phenoxy) is 2. The van der Waals surface area contributed by atoms with Crippen LogP contribution < -0.4 is 20.1 Å². The summed E-state index contributed by atoms with van der Waals surface area (Å²) < 4.78 is 12.8. The van der Waals surface area contributed by atoms with Crippen LogP contribution in [0.5, 0.6) is 11.5 Å². The Morgan fingerprint density at radius 2 is 1.73 bits per heavy atom. The monoisotopic (exact) mass is 564 g/mol. The van der Waals surface area contributed by atoms with E-state index in [1.54, 1.807) is 20.5 Å². The summed E-state index contributed by atoms with van der Waals surface area (Å²) in [5.74, 6) is 3.15. The van der Waals surface area contributed by atoms with Gasteiger partial charge in [-0.2, -0.15) is 0 Å². The zero-order valence-corrected chi connectivity index (χ0v) is 21.8. The Labute approximate surface area is 212 Å². The van der Waals surface area contributed by atoms with Crippen LogP contribution in [0.1, 0.15) is 23.9 Å². The quantitative estimate of drug-likeness (QED) is 0.211. The van der Waals surface area contributed by atoms with Gasteiger partial charge >= 0.3 is 0 Å². The average Bonchev–Trinajstić information content (AvgIpc) is 3.30. The van der Waals surface area contributed by atoms with Gasteiger partial charge in [0.15, 0.2) is 17.5 Å². The number of guanidine groups is 1. The lowest BCUT2D eigenvalue weighted by molar-refractivity contribution is 0.354. The zero-order valence-electron chi connectivity index (χ0n) is 19.5. The molecule has 0 saturated heterocycles. The summed E-state index contributed by atoms with van der Waals surface area (Å²) in [7, 11) is 3.27. The van der Waals surface area contributed by atoms with Crippen LogP contribution in [0.25, 0.3) is 0 Å². The van der Waals surface area contributed by atoms with E-state index in [1.165, 1.54) is 5.56 Å². The Morgan fingerprint density at radius 3 is 2.45 bits per heavy atom. The number of nitrogens with zero attached hydrogens (tertiary/aromatic N) is 4. The summed E-state index contributed by atoms with van der Waals surface area (Å²) in [6, 6.07) is 16.3. The third-order valence-electron chi connectivity index (χ3n) is 5.07. The van der Waals surface area contributed by atoms with Crippen molar-refractivity contribution in [1.82, 2.24) is 25.4 Å². The van der Waals surface area contributed by atoms with Crippen LogP contribution in [0.2, 0.25) is 0 Å². The van der Waals surface area contributed by atoms with Crippen molar-refractivity contribution < 1.29 is 9.47 Å². The van der Waals surface area contributed by atoms with Crippen LogP contribution >= 0.6 is 24.0 Å². The predicted octanol–water partition coefficient (Wildman–Crippen LogP) is 3.45. The van der Waals surface area contributed by atoms with Crippen molar-refractivity contribution in [3.05, 3.63) is 71.8 Å². The summed E-state index contributed by atoms with van der Waals surface area (Å²) in [6.07, 6.45) is 3.54. The normalized spacial score (nSPS) is 10.9. The number of rotatable bonds is 11. The van der Waals surface area contributed by atoms with Crippen molar-refractivity contribution in [3.8, 4) is 11.5 Å². The van der Waals surface area contributed by atoms with Gasteiger partial charge in [0, 0.05) is 26.1 Å². The maximum atomic E-state index is 5.41. The van der Waals surface area contributed by atoms with Gasteiger partial charge in [-0.15, -0.1) is 34.2 Å². The SMILES string of the molecule is CCc1nncn1CCNC(=NCc1ccc(OC)c(OC)c1)NCCc1ccccc1.I. The smallest absolute Gasteiger partial charge is 0.191 e. The van der Waals surface area contributed by atoms with Gasteiger partial charge in [-0.3, -0.25) is 0 Å². The molecule has 33 heavy (non-hydrogen) atoms. The molecule has 0 aliphatic rings. The fraction of sp³-hybridized carbons (Fsp3) is 0.375. The third-order valence-corrected chi connectivity index (χ3v) is 5.07. The lowest BCUT2D eigenvalue weighted by Gasteiger charge is -2.14. The Morgan fingerprint density at radius 1 is 0.970 bits per heavy atom. The highest BCUT2D eigenvalue weighted by Gasteiger charge is 2.06. The van der Waals surface area contributed by atoms with Crippen molar-refractivity contribution in [1.29, 1.82) is 0 Å². The molecule has 0 unspecified atom stereocenters. The molecule has 2 N–H and O–H groups in total. The van der Waals surface area contributed by atoms with E-state index < -0.39 is 0 Å². The summed E-state index contributed by atoms with van der Waals surface area (Å²) in [5.41, 5.74) is 2.33. The Balaban J connectivity index is 0.00000385. The highest BCUT2D eigenvalue weighted by Crippen LogP contribution is 2.27. The highest BCUT2D eigenvalue weighted by atomic mass is 127. The molecule has 0 spiro atoms. The van der Waals surface area contributed by atoms with Gasteiger partial charge in [0.1, 0.15) is 12.2 Å². The molecule has 0 radical (unpaired) electrons. The molecule has 178 valence electrons. The number of nitrogens with one attached hydrogen (secondary N) is 2. The van der Waals surface area contributed by atoms with Gasteiger partial charge < -0.3 is 24.7 Å². The van der Waals surface area contributed by atoms with E-state index in [1.807, 2.05) is 24.3 Å². The minimum absolute atomic E-state index is 0. The van der Waals surface area contributed by atoms with Gasteiger partial charge in [-0.25, -0.2) is 4.99 Å². The lowest BCUT2D eigenvalue weighted by Crippen LogP contribution is -2.40. The van der Waals surface area contributed by atoms with E-state index in [0.29, 0.717) is 24.6 Å². The molecule has 0 aliphatic heterocycles. The van der Waals surface area contributed by atoms with E-state index in [-0.39, 0.29) is 24.0 Å². The van der Waals surface area contributed by atoms with Gasteiger partial charge in [-0.1, -0.05) is 43.3 Å². The number of hydrogen-bond acceptors (Lipinski definition) is 5. The maximum absolute atomic E-state index is 5.41.